The molecule has 1 atom stereocenters. The molecule has 1 N–H and O–H groups in total. The highest BCUT2D eigenvalue weighted by Crippen LogP contribution is 2.25. The van der Waals surface area contributed by atoms with Gasteiger partial charge >= 0.3 is 0 Å². The second-order valence-corrected chi connectivity index (χ2v) is 5.74. The number of hydrogen-bond donors (Lipinski definition) is 1. The molecule has 1 amide bonds. The lowest BCUT2D eigenvalue weighted by atomic mass is 10.1. The first-order chi connectivity index (χ1) is 11.5. The molecule has 0 bridgehead atoms. The molecule has 1 fully saturated rings. The zero-order valence-corrected chi connectivity index (χ0v) is 14.1. The number of hydrogen-bond acceptors (Lipinski definition) is 4. The van der Waals surface area contributed by atoms with Crippen molar-refractivity contribution in [1.29, 1.82) is 0 Å². The topological polar surface area (TPSA) is 53.0 Å². The Morgan fingerprint density at radius 3 is 2.46 bits per heavy atom. The van der Waals surface area contributed by atoms with Crippen LogP contribution < -0.4 is 4.74 Å². The molecule has 5 nitrogen and oxygen atoms in total. The fourth-order valence-electron chi connectivity index (χ4n) is 2.95. The maximum absolute atomic E-state index is 14.4. The van der Waals surface area contributed by atoms with Gasteiger partial charge in [-0.3, -0.25) is 9.69 Å². The molecule has 7 heteroatoms. The first-order valence-corrected chi connectivity index (χ1v) is 8.28. The highest BCUT2D eigenvalue weighted by atomic mass is 19.1. The number of ether oxygens (including phenoxy) is 1. The minimum Gasteiger partial charge on any atom is -0.491 e. The molecular formula is C17H24F2N2O3. The minimum absolute atomic E-state index is 0.0528. The summed E-state index contributed by atoms with van der Waals surface area (Å²) in [6.45, 7) is 5.84. The Morgan fingerprint density at radius 1 is 1.25 bits per heavy atom. The second kappa shape index (κ2) is 8.39. The van der Waals surface area contributed by atoms with Crippen molar-refractivity contribution in [3.63, 3.8) is 0 Å². The van der Waals surface area contributed by atoms with E-state index in [0.29, 0.717) is 26.2 Å². The van der Waals surface area contributed by atoms with Crippen LogP contribution in [0.1, 0.15) is 30.6 Å². The van der Waals surface area contributed by atoms with Crippen molar-refractivity contribution in [3.8, 4) is 5.75 Å². The van der Waals surface area contributed by atoms with Crippen LogP contribution in [0.2, 0.25) is 0 Å². The molecule has 0 spiro atoms. The quantitative estimate of drug-likeness (QED) is 0.858. The molecule has 1 aliphatic rings. The number of carbonyl (C=O) groups excluding carboxylic acids is 1. The average Bonchev–Trinajstić information content (AvgIpc) is 2.59. The third-order valence-corrected chi connectivity index (χ3v) is 4.37. The lowest BCUT2D eigenvalue weighted by molar-refractivity contribution is 0.0465. The fourth-order valence-corrected chi connectivity index (χ4v) is 2.95. The fraction of sp³-hybridized carbons (Fsp3) is 0.588. The molecule has 1 heterocycles. The lowest BCUT2D eigenvalue weighted by Crippen LogP contribution is -2.52. The van der Waals surface area contributed by atoms with Crippen LogP contribution in [0.15, 0.2) is 12.1 Å². The predicted molar refractivity (Wildman–Crippen MR) is 86.2 cm³/mol. The van der Waals surface area contributed by atoms with E-state index < -0.39 is 23.1 Å². The Hall–Kier alpha value is -1.73. The van der Waals surface area contributed by atoms with Crippen molar-refractivity contribution in [1.82, 2.24) is 9.80 Å². The van der Waals surface area contributed by atoms with Gasteiger partial charge in [0, 0.05) is 32.2 Å². The van der Waals surface area contributed by atoms with Crippen LogP contribution in [-0.2, 0) is 0 Å². The largest absolute Gasteiger partial charge is 0.491 e. The van der Waals surface area contributed by atoms with Crippen molar-refractivity contribution < 1.29 is 23.4 Å². The number of nitrogens with zero attached hydrogens (tertiary/aromatic N) is 2. The van der Waals surface area contributed by atoms with Gasteiger partial charge in [0.15, 0.2) is 11.6 Å². The molecule has 2 rings (SSSR count). The summed E-state index contributed by atoms with van der Waals surface area (Å²) in [6, 6.07) is 2.30. The third-order valence-electron chi connectivity index (χ3n) is 4.37. The summed E-state index contributed by atoms with van der Waals surface area (Å²) in [5, 5.41) is 9.35. The molecule has 1 unspecified atom stereocenters. The van der Waals surface area contributed by atoms with Gasteiger partial charge in [0.2, 0.25) is 0 Å². The van der Waals surface area contributed by atoms with E-state index in [0.717, 1.165) is 12.5 Å². The van der Waals surface area contributed by atoms with Gasteiger partial charge in [0.25, 0.3) is 5.91 Å². The van der Waals surface area contributed by atoms with Crippen molar-refractivity contribution in [2.75, 3.05) is 39.4 Å². The van der Waals surface area contributed by atoms with Crippen LogP contribution in [0.25, 0.3) is 0 Å². The molecule has 0 saturated carbocycles. The average molecular weight is 342 g/mol. The summed E-state index contributed by atoms with van der Waals surface area (Å²) in [6.07, 6.45) is 0.810. The smallest absolute Gasteiger partial charge is 0.260 e. The Labute approximate surface area is 140 Å². The number of aliphatic hydroxyl groups excluding tert-OH is 1. The maximum Gasteiger partial charge on any atom is 0.260 e. The SMILES string of the molecule is CCOc1ccc(F)c(C(=O)N2CCN(C(CC)CO)CC2)c1F. The van der Waals surface area contributed by atoms with E-state index in [1.54, 1.807) is 6.92 Å². The summed E-state index contributed by atoms with van der Waals surface area (Å²) in [5.41, 5.74) is -0.566. The zero-order valence-electron chi connectivity index (χ0n) is 14.1. The zero-order chi connectivity index (χ0) is 17.7. The molecule has 0 aliphatic carbocycles. The van der Waals surface area contributed by atoms with Crippen molar-refractivity contribution in [2.45, 2.75) is 26.3 Å². The van der Waals surface area contributed by atoms with Crippen molar-refractivity contribution >= 4 is 5.91 Å². The molecule has 1 aromatic carbocycles. The molecule has 134 valence electrons. The molecule has 1 aliphatic heterocycles. The number of piperazine rings is 1. The highest BCUT2D eigenvalue weighted by Gasteiger charge is 2.29. The molecule has 1 aromatic rings. The van der Waals surface area contributed by atoms with Crippen LogP contribution in [0.3, 0.4) is 0 Å². The van der Waals surface area contributed by atoms with Crippen LogP contribution in [-0.4, -0.2) is 66.2 Å². The van der Waals surface area contributed by atoms with Gasteiger partial charge in [-0.1, -0.05) is 6.92 Å². The second-order valence-electron chi connectivity index (χ2n) is 5.74. The molecule has 1 saturated heterocycles. The number of aliphatic hydroxyl groups is 1. The molecule has 0 aromatic heterocycles. The summed E-state index contributed by atoms with van der Waals surface area (Å²) in [4.78, 5) is 16.1. The van der Waals surface area contributed by atoms with E-state index in [9.17, 15) is 18.7 Å². The van der Waals surface area contributed by atoms with E-state index in [4.69, 9.17) is 4.74 Å². The number of carbonyl (C=O) groups is 1. The summed E-state index contributed by atoms with van der Waals surface area (Å²) in [5.74, 6) is -2.62. The van der Waals surface area contributed by atoms with Gasteiger partial charge < -0.3 is 14.7 Å². The standard InChI is InChI=1S/C17H24F2N2O3/c1-3-12(11-22)20-7-9-21(10-8-20)17(23)15-13(18)5-6-14(16(15)19)24-4-2/h5-6,12,22H,3-4,7-11H2,1-2H3. The Balaban J connectivity index is 2.12. The number of rotatable bonds is 6. The van der Waals surface area contributed by atoms with E-state index in [1.165, 1.54) is 11.0 Å². The van der Waals surface area contributed by atoms with Gasteiger partial charge in [-0.05, 0) is 25.5 Å². The first-order valence-electron chi connectivity index (χ1n) is 8.28. The number of halogens is 2. The first kappa shape index (κ1) is 18.6. The molecule has 24 heavy (non-hydrogen) atoms. The normalized spacial score (nSPS) is 17.0. The number of amides is 1. The van der Waals surface area contributed by atoms with Crippen LogP contribution >= 0.6 is 0 Å². The number of benzene rings is 1. The van der Waals surface area contributed by atoms with Crippen molar-refractivity contribution in [3.05, 3.63) is 29.3 Å². The van der Waals surface area contributed by atoms with Gasteiger partial charge in [0.05, 0.1) is 13.2 Å². The van der Waals surface area contributed by atoms with Crippen LogP contribution in [0.5, 0.6) is 5.75 Å². The van der Waals surface area contributed by atoms with Gasteiger partial charge in [-0.25, -0.2) is 8.78 Å². The maximum atomic E-state index is 14.4. The summed E-state index contributed by atoms with van der Waals surface area (Å²) < 4.78 is 33.5. The van der Waals surface area contributed by atoms with Crippen molar-refractivity contribution in [2.24, 2.45) is 0 Å². The minimum atomic E-state index is -0.953. The Morgan fingerprint density at radius 2 is 1.92 bits per heavy atom. The van der Waals surface area contributed by atoms with E-state index in [2.05, 4.69) is 4.90 Å². The Bertz CT molecular complexity index is 571. The van der Waals surface area contributed by atoms with E-state index in [-0.39, 0.29) is 25.0 Å². The third kappa shape index (κ3) is 3.84. The van der Waals surface area contributed by atoms with Crippen LogP contribution in [0, 0.1) is 11.6 Å². The van der Waals surface area contributed by atoms with E-state index in [1.807, 2.05) is 6.92 Å². The van der Waals surface area contributed by atoms with Gasteiger partial charge in [-0.15, -0.1) is 0 Å². The highest BCUT2D eigenvalue weighted by molar-refractivity contribution is 5.95. The summed E-state index contributed by atoms with van der Waals surface area (Å²) >= 11 is 0. The molecule has 0 radical (unpaired) electrons. The van der Waals surface area contributed by atoms with Gasteiger partial charge in [0.1, 0.15) is 11.4 Å². The summed E-state index contributed by atoms with van der Waals surface area (Å²) in [7, 11) is 0. The monoisotopic (exact) mass is 342 g/mol. The van der Waals surface area contributed by atoms with Crippen LogP contribution in [0.4, 0.5) is 8.78 Å². The molecular weight excluding hydrogens is 318 g/mol. The van der Waals surface area contributed by atoms with Gasteiger partial charge in [-0.2, -0.15) is 0 Å². The Kier molecular flexibility index (Phi) is 6.51. The van der Waals surface area contributed by atoms with E-state index >= 15 is 0 Å². The lowest BCUT2D eigenvalue weighted by Gasteiger charge is -2.38. The predicted octanol–water partition coefficient (Wildman–Crippen LogP) is 1.89.